The summed E-state index contributed by atoms with van der Waals surface area (Å²) in [6.45, 7) is 10.4. The van der Waals surface area contributed by atoms with Crippen molar-refractivity contribution >= 4 is 18.0 Å². The first-order chi connectivity index (χ1) is 10.3. The van der Waals surface area contributed by atoms with Gasteiger partial charge in [0.1, 0.15) is 19.3 Å². The van der Waals surface area contributed by atoms with E-state index in [4.69, 9.17) is 14.2 Å². The molecule has 22 heavy (non-hydrogen) atoms. The third-order valence-electron chi connectivity index (χ3n) is 2.74. The maximum Gasteiger partial charge on any atom is 0.407 e. The Bertz CT molecular complexity index is 407. The zero-order valence-corrected chi connectivity index (χ0v) is 13.6. The monoisotopic (exact) mass is 315 g/mol. The maximum atomic E-state index is 11.5. The van der Waals surface area contributed by atoms with Crippen molar-refractivity contribution in [3.8, 4) is 0 Å². The highest BCUT2D eigenvalue weighted by Gasteiger charge is 2.15. The van der Waals surface area contributed by atoms with Gasteiger partial charge in [0.15, 0.2) is 0 Å². The lowest BCUT2D eigenvalue weighted by molar-refractivity contribution is -0.150. The molecule has 0 rings (SSSR count). The van der Waals surface area contributed by atoms with Gasteiger partial charge >= 0.3 is 18.0 Å². The fraction of sp³-hybridized carbons (Fsp3) is 0.667. The Labute approximate surface area is 131 Å². The quantitative estimate of drug-likeness (QED) is 0.302. The average Bonchev–Trinajstić information content (AvgIpc) is 2.47. The van der Waals surface area contributed by atoms with Crippen LogP contribution in [0.4, 0.5) is 4.79 Å². The Kier molecular flexibility index (Phi) is 9.65. The number of carbonyl (C=O) groups is 3. The number of alkyl carbamates (subject to hydrolysis) is 1. The number of rotatable bonds is 9. The summed E-state index contributed by atoms with van der Waals surface area (Å²) in [6.07, 6.45) is -0.540. The molecule has 126 valence electrons. The molecule has 0 aliphatic carbocycles. The zero-order valence-electron chi connectivity index (χ0n) is 13.6. The molecule has 0 radical (unpaired) electrons. The number of nitrogens with one attached hydrogen (secondary N) is 1. The van der Waals surface area contributed by atoms with Crippen molar-refractivity contribution < 1.29 is 28.6 Å². The molecule has 0 spiro atoms. The van der Waals surface area contributed by atoms with Crippen molar-refractivity contribution in [2.45, 2.75) is 40.2 Å². The molecule has 2 atom stereocenters. The molecule has 0 saturated heterocycles. The van der Waals surface area contributed by atoms with Crippen molar-refractivity contribution in [3.05, 3.63) is 12.2 Å². The van der Waals surface area contributed by atoms with Crippen LogP contribution < -0.4 is 5.32 Å². The molecule has 0 bridgehead atoms. The van der Waals surface area contributed by atoms with Gasteiger partial charge in [0.2, 0.25) is 0 Å². The Morgan fingerprint density at radius 2 is 1.82 bits per heavy atom. The summed E-state index contributed by atoms with van der Waals surface area (Å²) in [4.78, 5) is 34.0. The Morgan fingerprint density at radius 3 is 2.36 bits per heavy atom. The molecular formula is C15H25NO6. The van der Waals surface area contributed by atoms with E-state index in [1.54, 1.807) is 13.8 Å². The molecule has 0 heterocycles. The summed E-state index contributed by atoms with van der Waals surface area (Å²) in [6, 6.07) is 0. The third kappa shape index (κ3) is 8.99. The summed E-state index contributed by atoms with van der Waals surface area (Å²) in [5.74, 6) is -1.01. The highest BCUT2D eigenvalue weighted by Crippen LogP contribution is 2.04. The summed E-state index contributed by atoms with van der Waals surface area (Å²) in [5.41, 5.74) is 0.291. The second kappa shape index (κ2) is 10.6. The minimum absolute atomic E-state index is 0.00123. The molecule has 0 aliphatic rings. The molecule has 0 saturated carbocycles. The van der Waals surface area contributed by atoms with Gasteiger partial charge in [-0.15, -0.1) is 0 Å². The van der Waals surface area contributed by atoms with Crippen LogP contribution in [0, 0.1) is 5.92 Å². The lowest BCUT2D eigenvalue weighted by Gasteiger charge is -2.15. The number of carbonyl (C=O) groups excluding carboxylic acids is 3. The van der Waals surface area contributed by atoms with Gasteiger partial charge in [0.05, 0.1) is 12.5 Å². The van der Waals surface area contributed by atoms with Crippen LogP contribution in [0.3, 0.4) is 0 Å². The van der Waals surface area contributed by atoms with Crippen molar-refractivity contribution in [2.24, 2.45) is 5.92 Å². The second-order valence-electron chi connectivity index (χ2n) is 5.00. The summed E-state index contributed by atoms with van der Waals surface area (Å²) in [5, 5.41) is 2.42. The van der Waals surface area contributed by atoms with E-state index in [1.807, 2.05) is 6.92 Å². The molecule has 1 amide bonds. The van der Waals surface area contributed by atoms with Crippen molar-refractivity contribution in [2.75, 3.05) is 19.8 Å². The van der Waals surface area contributed by atoms with E-state index in [1.165, 1.54) is 6.92 Å². The number of hydrogen-bond acceptors (Lipinski definition) is 6. The van der Waals surface area contributed by atoms with E-state index < -0.39 is 18.2 Å². The molecule has 0 fully saturated rings. The molecule has 1 N–H and O–H groups in total. The predicted octanol–water partition coefficient (Wildman–Crippen LogP) is 1.81. The van der Waals surface area contributed by atoms with Crippen LogP contribution in [0.15, 0.2) is 12.2 Å². The van der Waals surface area contributed by atoms with E-state index >= 15 is 0 Å². The lowest BCUT2D eigenvalue weighted by Crippen LogP contribution is -2.33. The summed E-state index contributed by atoms with van der Waals surface area (Å²) < 4.78 is 14.8. The average molecular weight is 315 g/mol. The molecule has 0 aromatic rings. The SMILES string of the molecule is C=C(C)C(=O)OCCNC(=O)OC(C)COC(=O)C(C)CC. The number of amides is 1. The van der Waals surface area contributed by atoms with Crippen LogP contribution in [0.1, 0.15) is 34.1 Å². The summed E-state index contributed by atoms with van der Waals surface area (Å²) in [7, 11) is 0. The number of esters is 2. The molecule has 0 aromatic heterocycles. The Morgan fingerprint density at radius 1 is 1.18 bits per heavy atom. The van der Waals surface area contributed by atoms with Gasteiger partial charge in [-0.2, -0.15) is 0 Å². The first-order valence-corrected chi connectivity index (χ1v) is 7.21. The lowest BCUT2D eigenvalue weighted by atomic mass is 10.1. The molecular weight excluding hydrogens is 290 g/mol. The van der Waals surface area contributed by atoms with Crippen LogP contribution >= 0.6 is 0 Å². The van der Waals surface area contributed by atoms with E-state index in [0.29, 0.717) is 12.0 Å². The highest BCUT2D eigenvalue weighted by molar-refractivity contribution is 5.86. The fourth-order valence-corrected chi connectivity index (χ4v) is 1.19. The van der Waals surface area contributed by atoms with Crippen LogP contribution in [0.5, 0.6) is 0 Å². The van der Waals surface area contributed by atoms with Crippen molar-refractivity contribution in [1.82, 2.24) is 5.32 Å². The smallest absolute Gasteiger partial charge is 0.407 e. The Hall–Kier alpha value is -2.05. The minimum Gasteiger partial charge on any atom is -0.462 e. The van der Waals surface area contributed by atoms with Crippen LogP contribution in [0.25, 0.3) is 0 Å². The standard InChI is InChI=1S/C15H25NO6/c1-6-11(4)14(18)21-9-12(5)22-15(19)16-7-8-20-13(17)10(2)3/h11-12H,2,6-9H2,1,3-5H3,(H,16,19). The van der Waals surface area contributed by atoms with Gasteiger partial charge in [-0.05, 0) is 20.3 Å². The number of hydrogen-bond donors (Lipinski definition) is 1. The highest BCUT2D eigenvalue weighted by atomic mass is 16.6. The first-order valence-electron chi connectivity index (χ1n) is 7.21. The number of ether oxygens (including phenoxy) is 3. The van der Waals surface area contributed by atoms with E-state index in [-0.39, 0.29) is 31.6 Å². The predicted molar refractivity (Wildman–Crippen MR) is 80.1 cm³/mol. The third-order valence-corrected chi connectivity index (χ3v) is 2.74. The molecule has 0 aromatic carbocycles. The zero-order chi connectivity index (χ0) is 17.1. The van der Waals surface area contributed by atoms with Crippen molar-refractivity contribution in [1.29, 1.82) is 0 Å². The van der Waals surface area contributed by atoms with Gasteiger partial charge in [0.25, 0.3) is 0 Å². The normalized spacial score (nSPS) is 12.7. The molecule has 0 aliphatic heterocycles. The first kappa shape index (κ1) is 19.9. The molecule has 2 unspecified atom stereocenters. The van der Waals surface area contributed by atoms with Gasteiger partial charge < -0.3 is 19.5 Å². The summed E-state index contributed by atoms with van der Waals surface area (Å²) >= 11 is 0. The van der Waals surface area contributed by atoms with E-state index in [2.05, 4.69) is 11.9 Å². The van der Waals surface area contributed by atoms with Gasteiger partial charge in [0, 0.05) is 5.57 Å². The van der Waals surface area contributed by atoms with Crippen molar-refractivity contribution in [3.63, 3.8) is 0 Å². The maximum absolute atomic E-state index is 11.5. The Balaban J connectivity index is 3.80. The topological polar surface area (TPSA) is 90.9 Å². The molecule has 7 nitrogen and oxygen atoms in total. The second-order valence-corrected chi connectivity index (χ2v) is 5.00. The largest absolute Gasteiger partial charge is 0.462 e. The minimum atomic E-state index is -0.668. The van der Waals surface area contributed by atoms with Crippen LogP contribution in [-0.2, 0) is 23.8 Å². The van der Waals surface area contributed by atoms with Gasteiger partial charge in [-0.1, -0.05) is 20.4 Å². The van der Waals surface area contributed by atoms with E-state index in [9.17, 15) is 14.4 Å². The fourth-order valence-electron chi connectivity index (χ4n) is 1.19. The van der Waals surface area contributed by atoms with E-state index in [0.717, 1.165) is 0 Å². The van der Waals surface area contributed by atoms with Gasteiger partial charge in [-0.3, -0.25) is 4.79 Å². The molecule has 7 heteroatoms. The van der Waals surface area contributed by atoms with Crippen LogP contribution in [-0.4, -0.2) is 43.9 Å². The van der Waals surface area contributed by atoms with Gasteiger partial charge in [-0.25, -0.2) is 9.59 Å². The van der Waals surface area contributed by atoms with Crippen LogP contribution in [0.2, 0.25) is 0 Å².